The largest absolute Gasteiger partial charge is 0.449 e. The summed E-state index contributed by atoms with van der Waals surface area (Å²) in [5.74, 6) is -0.748. The molecular weight excluding hydrogens is 230 g/mol. The molecule has 1 aromatic carbocycles. The van der Waals surface area contributed by atoms with Crippen molar-refractivity contribution in [2.45, 2.75) is 33.8 Å². The number of ether oxygens (including phenoxy) is 1. The summed E-state index contributed by atoms with van der Waals surface area (Å²) in [4.78, 5) is 23.4. The number of esters is 1. The quantitative estimate of drug-likeness (QED) is 0.830. The molecular formula is C14H19NO3. The molecule has 0 unspecified atom stereocenters. The first-order chi connectivity index (χ1) is 8.45. The molecule has 0 saturated carbocycles. The van der Waals surface area contributed by atoms with Crippen molar-refractivity contribution in [3.63, 3.8) is 0 Å². The molecule has 4 nitrogen and oxygen atoms in total. The van der Waals surface area contributed by atoms with Crippen LogP contribution in [0.5, 0.6) is 0 Å². The highest BCUT2D eigenvalue weighted by molar-refractivity contribution is 5.93. The summed E-state index contributed by atoms with van der Waals surface area (Å²) < 4.78 is 5.12. The summed E-state index contributed by atoms with van der Waals surface area (Å²) in [6.07, 6.45) is -0.779. The van der Waals surface area contributed by atoms with Crippen LogP contribution in [0.2, 0.25) is 0 Å². The number of amides is 1. The van der Waals surface area contributed by atoms with Crippen molar-refractivity contribution < 1.29 is 14.3 Å². The van der Waals surface area contributed by atoms with Crippen LogP contribution in [-0.2, 0) is 9.53 Å². The maximum absolute atomic E-state index is 11.9. The van der Waals surface area contributed by atoms with Gasteiger partial charge in [0.15, 0.2) is 6.10 Å². The summed E-state index contributed by atoms with van der Waals surface area (Å²) in [6, 6.07) is 5.48. The highest BCUT2D eigenvalue weighted by Crippen LogP contribution is 2.12. The molecule has 0 heterocycles. The van der Waals surface area contributed by atoms with Crippen molar-refractivity contribution in [2.24, 2.45) is 0 Å². The second kappa shape index (κ2) is 6.19. The minimum absolute atomic E-state index is 0.282. The molecule has 0 saturated heterocycles. The Bertz CT molecular complexity index is 454. The van der Waals surface area contributed by atoms with E-state index in [-0.39, 0.29) is 5.91 Å². The summed E-state index contributed by atoms with van der Waals surface area (Å²) in [7, 11) is 0. The summed E-state index contributed by atoms with van der Waals surface area (Å²) in [6.45, 7) is 7.70. The van der Waals surface area contributed by atoms with Gasteiger partial charge in [-0.25, -0.2) is 4.79 Å². The third-order valence-corrected chi connectivity index (χ3v) is 2.61. The van der Waals surface area contributed by atoms with E-state index in [0.717, 1.165) is 11.1 Å². The van der Waals surface area contributed by atoms with E-state index >= 15 is 0 Å². The highest BCUT2D eigenvalue weighted by Gasteiger charge is 2.19. The molecule has 1 aromatic rings. The Morgan fingerprint density at radius 3 is 2.56 bits per heavy atom. The van der Waals surface area contributed by atoms with Gasteiger partial charge >= 0.3 is 5.97 Å². The second-order valence-electron chi connectivity index (χ2n) is 4.26. The normalized spacial score (nSPS) is 11.8. The van der Waals surface area contributed by atoms with Crippen LogP contribution in [0.4, 0.5) is 0 Å². The Balaban J connectivity index is 2.73. The number of likely N-dealkylation sites (N-methyl/N-ethyl adjacent to an activating group) is 1. The van der Waals surface area contributed by atoms with Gasteiger partial charge in [-0.15, -0.1) is 0 Å². The molecule has 1 rings (SSSR count). The van der Waals surface area contributed by atoms with Crippen LogP contribution in [0, 0.1) is 13.8 Å². The van der Waals surface area contributed by atoms with E-state index in [1.54, 1.807) is 13.0 Å². The van der Waals surface area contributed by atoms with E-state index in [1.807, 2.05) is 32.9 Å². The second-order valence-corrected chi connectivity index (χ2v) is 4.26. The van der Waals surface area contributed by atoms with E-state index in [2.05, 4.69) is 5.32 Å². The van der Waals surface area contributed by atoms with E-state index in [0.29, 0.717) is 12.1 Å². The topological polar surface area (TPSA) is 55.4 Å². The maximum atomic E-state index is 11.9. The van der Waals surface area contributed by atoms with E-state index < -0.39 is 12.1 Å². The third-order valence-electron chi connectivity index (χ3n) is 2.61. The van der Waals surface area contributed by atoms with Gasteiger partial charge in [-0.2, -0.15) is 0 Å². The molecule has 0 aliphatic rings. The summed E-state index contributed by atoms with van der Waals surface area (Å²) in [5, 5.41) is 2.61. The minimum atomic E-state index is -0.779. The first kappa shape index (κ1) is 14.2. The molecule has 1 amide bonds. The molecule has 4 heteroatoms. The van der Waals surface area contributed by atoms with Gasteiger partial charge in [0.05, 0.1) is 5.56 Å². The average Bonchev–Trinajstić information content (AvgIpc) is 2.28. The minimum Gasteiger partial charge on any atom is -0.449 e. The Kier molecular flexibility index (Phi) is 4.89. The fraction of sp³-hybridized carbons (Fsp3) is 0.429. The van der Waals surface area contributed by atoms with Crippen LogP contribution < -0.4 is 5.32 Å². The molecule has 0 radical (unpaired) electrons. The highest BCUT2D eigenvalue weighted by atomic mass is 16.5. The molecule has 1 atom stereocenters. The zero-order chi connectivity index (χ0) is 13.7. The zero-order valence-electron chi connectivity index (χ0n) is 11.2. The lowest BCUT2D eigenvalue weighted by Crippen LogP contribution is -2.35. The van der Waals surface area contributed by atoms with E-state index in [1.165, 1.54) is 0 Å². The fourth-order valence-corrected chi connectivity index (χ4v) is 1.64. The van der Waals surface area contributed by atoms with Crippen LogP contribution in [0.1, 0.15) is 35.3 Å². The molecule has 18 heavy (non-hydrogen) atoms. The Hall–Kier alpha value is -1.84. The molecule has 1 N–H and O–H groups in total. The molecule has 0 aliphatic heterocycles. The Morgan fingerprint density at radius 1 is 1.33 bits per heavy atom. The van der Waals surface area contributed by atoms with Crippen LogP contribution in [0.15, 0.2) is 18.2 Å². The fourth-order valence-electron chi connectivity index (χ4n) is 1.64. The molecule has 0 aromatic heterocycles. The van der Waals surface area contributed by atoms with Gasteiger partial charge in [-0.05, 0) is 39.3 Å². The van der Waals surface area contributed by atoms with E-state index in [4.69, 9.17) is 4.74 Å². The number of rotatable bonds is 4. The first-order valence-electron chi connectivity index (χ1n) is 6.01. The Morgan fingerprint density at radius 2 is 2.00 bits per heavy atom. The number of nitrogens with one attached hydrogen (secondary N) is 1. The maximum Gasteiger partial charge on any atom is 0.339 e. The number of hydrogen-bond acceptors (Lipinski definition) is 3. The van der Waals surface area contributed by atoms with Gasteiger partial charge in [-0.1, -0.05) is 17.7 Å². The number of aryl methyl sites for hydroxylation is 2. The summed E-state index contributed by atoms with van der Waals surface area (Å²) >= 11 is 0. The lowest BCUT2D eigenvalue weighted by Gasteiger charge is -2.13. The average molecular weight is 249 g/mol. The first-order valence-corrected chi connectivity index (χ1v) is 6.01. The van der Waals surface area contributed by atoms with Gasteiger partial charge in [0, 0.05) is 6.54 Å². The molecule has 98 valence electrons. The number of hydrogen-bond donors (Lipinski definition) is 1. The van der Waals surface area contributed by atoms with Gasteiger partial charge in [0.25, 0.3) is 5.91 Å². The predicted molar refractivity (Wildman–Crippen MR) is 69.5 cm³/mol. The predicted octanol–water partition coefficient (Wildman–Crippen LogP) is 1.98. The number of carbonyl (C=O) groups excluding carboxylic acids is 2. The molecule has 0 bridgehead atoms. The SMILES string of the molecule is CCNC(=O)[C@H](C)OC(=O)c1ccc(C)cc1C. The van der Waals surface area contributed by atoms with Crippen molar-refractivity contribution >= 4 is 11.9 Å². The van der Waals surface area contributed by atoms with E-state index in [9.17, 15) is 9.59 Å². The zero-order valence-corrected chi connectivity index (χ0v) is 11.2. The molecule has 0 spiro atoms. The van der Waals surface area contributed by atoms with Gasteiger partial charge < -0.3 is 10.1 Å². The number of carbonyl (C=O) groups is 2. The van der Waals surface area contributed by atoms with Crippen molar-refractivity contribution in [3.05, 3.63) is 34.9 Å². The van der Waals surface area contributed by atoms with Crippen molar-refractivity contribution in [1.82, 2.24) is 5.32 Å². The van der Waals surface area contributed by atoms with Gasteiger partial charge in [0.2, 0.25) is 0 Å². The molecule has 0 aliphatic carbocycles. The lowest BCUT2D eigenvalue weighted by atomic mass is 10.1. The van der Waals surface area contributed by atoms with Crippen molar-refractivity contribution in [1.29, 1.82) is 0 Å². The van der Waals surface area contributed by atoms with Crippen molar-refractivity contribution in [2.75, 3.05) is 6.54 Å². The third kappa shape index (κ3) is 3.58. The van der Waals surface area contributed by atoms with Gasteiger partial charge in [0.1, 0.15) is 0 Å². The standard InChI is InChI=1S/C14H19NO3/c1-5-15-13(16)11(4)18-14(17)12-7-6-9(2)8-10(12)3/h6-8,11H,5H2,1-4H3,(H,15,16)/t11-/m0/s1. The molecule has 0 fully saturated rings. The lowest BCUT2D eigenvalue weighted by molar-refractivity contribution is -0.128. The van der Waals surface area contributed by atoms with Crippen LogP contribution in [0.25, 0.3) is 0 Å². The summed E-state index contributed by atoms with van der Waals surface area (Å²) in [5.41, 5.74) is 2.43. The van der Waals surface area contributed by atoms with Crippen LogP contribution in [-0.4, -0.2) is 24.5 Å². The van der Waals surface area contributed by atoms with Crippen LogP contribution in [0.3, 0.4) is 0 Å². The number of benzene rings is 1. The van der Waals surface area contributed by atoms with Gasteiger partial charge in [-0.3, -0.25) is 4.79 Å². The van der Waals surface area contributed by atoms with Crippen LogP contribution >= 0.6 is 0 Å². The monoisotopic (exact) mass is 249 g/mol. The smallest absolute Gasteiger partial charge is 0.339 e. The Labute approximate surface area is 107 Å². The van der Waals surface area contributed by atoms with Crippen molar-refractivity contribution in [3.8, 4) is 0 Å².